The summed E-state index contributed by atoms with van der Waals surface area (Å²) in [6.07, 6.45) is 0. The summed E-state index contributed by atoms with van der Waals surface area (Å²) in [5, 5.41) is 8.19. The van der Waals surface area contributed by atoms with Crippen molar-refractivity contribution in [3.8, 4) is 0 Å². The van der Waals surface area contributed by atoms with E-state index in [9.17, 15) is 9.36 Å². The van der Waals surface area contributed by atoms with E-state index in [2.05, 4.69) is 0 Å². The molecule has 82 valence electrons. The van der Waals surface area contributed by atoms with E-state index in [1.807, 2.05) is 0 Å². The molecule has 8 heteroatoms. The Bertz CT molecular complexity index is 467. The van der Waals surface area contributed by atoms with Crippen LogP contribution in [0.25, 0.3) is 0 Å². The number of nitrogens with two attached hydrogens (primary N) is 2. The van der Waals surface area contributed by atoms with E-state index in [0.29, 0.717) is 0 Å². The van der Waals surface area contributed by atoms with Crippen LogP contribution in [0.2, 0.25) is 0 Å². The Morgan fingerprint density at radius 3 is 2.13 bits per heavy atom. The summed E-state index contributed by atoms with van der Waals surface area (Å²) in [6, 6.07) is 1.96. The van der Waals surface area contributed by atoms with Gasteiger partial charge in [-0.15, -0.1) is 0 Å². The van der Waals surface area contributed by atoms with Crippen LogP contribution >= 0.6 is 7.60 Å². The minimum Gasteiger partial charge on any atom is -0.478 e. The second kappa shape index (κ2) is 3.54. The lowest BCUT2D eigenvalue weighted by molar-refractivity contribution is 0.0698. The maximum atomic E-state index is 10.9. The topological polar surface area (TPSA) is 147 Å². The van der Waals surface area contributed by atoms with Crippen LogP contribution in [0.3, 0.4) is 0 Å². The molecule has 1 aromatic carbocycles. The second-order valence-electron chi connectivity index (χ2n) is 2.81. The van der Waals surface area contributed by atoms with E-state index in [4.69, 9.17) is 26.4 Å². The standard InChI is InChI=1S/C7H9N2O5P/c8-5-3(7(10)11)1-2-4(6(5)9)15(12,13)14/h1-2H,8-9H2,(H,10,11)(H2,12,13,14). The number of hydrogen-bond acceptors (Lipinski definition) is 4. The molecule has 0 atom stereocenters. The molecule has 0 aliphatic rings. The predicted molar refractivity (Wildman–Crippen MR) is 53.9 cm³/mol. The summed E-state index contributed by atoms with van der Waals surface area (Å²) in [5.41, 5.74) is 9.63. The maximum Gasteiger partial charge on any atom is 0.358 e. The molecule has 0 radical (unpaired) electrons. The lowest BCUT2D eigenvalue weighted by Crippen LogP contribution is -2.16. The van der Waals surface area contributed by atoms with Gasteiger partial charge in [0.1, 0.15) is 0 Å². The lowest BCUT2D eigenvalue weighted by Gasteiger charge is -2.11. The van der Waals surface area contributed by atoms with Gasteiger partial charge in [0.25, 0.3) is 0 Å². The summed E-state index contributed by atoms with van der Waals surface area (Å²) in [5.74, 6) is -1.31. The van der Waals surface area contributed by atoms with Crippen LogP contribution in [0.1, 0.15) is 10.4 Å². The summed E-state index contributed by atoms with van der Waals surface area (Å²) >= 11 is 0. The summed E-state index contributed by atoms with van der Waals surface area (Å²) in [7, 11) is -4.53. The van der Waals surface area contributed by atoms with Gasteiger partial charge >= 0.3 is 13.6 Å². The second-order valence-corrected chi connectivity index (χ2v) is 4.38. The number of aromatic carboxylic acids is 1. The molecule has 0 fully saturated rings. The van der Waals surface area contributed by atoms with Gasteiger partial charge in [0, 0.05) is 0 Å². The quantitative estimate of drug-likeness (QED) is 0.336. The first-order chi connectivity index (χ1) is 6.75. The van der Waals surface area contributed by atoms with Gasteiger partial charge in [-0.3, -0.25) is 4.57 Å². The van der Waals surface area contributed by atoms with Crippen LogP contribution in [0.5, 0.6) is 0 Å². The number of anilines is 2. The van der Waals surface area contributed by atoms with E-state index in [-0.39, 0.29) is 11.3 Å². The third kappa shape index (κ3) is 2.10. The molecule has 0 bridgehead atoms. The average Bonchev–Trinajstić information content (AvgIpc) is 2.06. The van der Waals surface area contributed by atoms with Crippen LogP contribution in [0.15, 0.2) is 12.1 Å². The number of hydrogen-bond donors (Lipinski definition) is 5. The molecule has 0 aliphatic carbocycles. The van der Waals surface area contributed by atoms with E-state index in [0.717, 1.165) is 12.1 Å². The maximum absolute atomic E-state index is 10.9. The van der Waals surface area contributed by atoms with Crippen molar-refractivity contribution in [2.75, 3.05) is 11.5 Å². The lowest BCUT2D eigenvalue weighted by atomic mass is 10.1. The smallest absolute Gasteiger partial charge is 0.358 e. The fourth-order valence-corrected chi connectivity index (χ4v) is 1.77. The summed E-state index contributed by atoms with van der Waals surface area (Å²) in [6.45, 7) is 0. The van der Waals surface area contributed by atoms with Crippen LogP contribution < -0.4 is 16.8 Å². The van der Waals surface area contributed by atoms with Gasteiger partial charge < -0.3 is 26.4 Å². The van der Waals surface area contributed by atoms with Crippen molar-refractivity contribution in [2.45, 2.75) is 0 Å². The number of carboxylic acid groups (broad SMARTS) is 1. The molecule has 7 N–H and O–H groups in total. The molecule has 1 aromatic rings. The number of carbonyl (C=O) groups is 1. The zero-order valence-electron chi connectivity index (χ0n) is 7.41. The Balaban J connectivity index is 3.47. The molecular weight excluding hydrogens is 223 g/mol. The van der Waals surface area contributed by atoms with Crippen LogP contribution in [-0.2, 0) is 4.57 Å². The number of carboxylic acids is 1. The Morgan fingerprint density at radius 1 is 1.20 bits per heavy atom. The minimum absolute atomic E-state index is 0.287. The molecular formula is C7H9N2O5P. The summed E-state index contributed by atoms with van der Waals surface area (Å²) in [4.78, 5) is 28.3. The van der Waals surface area contributed by atoms with Crippen molar-refractivity contribution >= 4 is 30.2 Å². The normalized spacial score (nSPS) is 11.3. The Labute approximate surface area is 84.5 Å². The molecule has 15 heavy (non-hydrogen) atoms. The number of rotatable bonds is 2. The number of benzene rings is 1. The highest BCUT2D eigenvalue weighted by Crippen LogP contribution is 2.37. The van der Waals surface area contributed by atoms with Crippen molar-refractivity contribution in [3.63, 3.8) is 0 Å². The van der Waals surface area contributed by atoms with E-state index in [1.54, 1.807) is 0 Å². The fourth-order valence-electron chi connectivity index (χ4n) is 1.07. The first kappa shape index (κ1) is 11.5. The highest BCUT2D eigenvalue weighted by atomic mass is 31.2. The third-order valence-corrected chi connectivity index (χ3v) is 2.83. The van der Waals surface area contributed by atoms with Gasteiger partial charge in [0.2, 0.25) is 0 Å². The molecule has 0 unspecified atom stereocenters. The van der Waals surface area contributed by atoms with E-state index in [1.165, 1.54) is 0 Å². The van der Waals surface area contributed by atoms with Gasteiger partial charge in [0.15, 0.2) is 0 Å². The first-order valence-corrected chi connectivity index (χ1v) is 5.33. The molecule has 0 saturated carbocycles. The molecule has 0 spiro atoms. The number of nitrogen functional groups attached to an aromatic ring is 2. The molecule has 0 aliphatic heterocycles. The first-order valence-electron chi connectivity index (χ1n) is 3.72. The average molecular weight is 232 g/mol. The van der Waals surface area contributed by atoms with Crippen LogP contribution in [0, 0.1) is 0 Å². The van der Waals surface area contributed by atoms with Gasteiger partial charge in [0.05, 0.1) is 22.2 Å². The van der Waals surface area contributed by atoms with Gasteiger partial charge in [-0.1, -0.05) is 0 Å². The van der Waals surface area contributed by atoms with Crippen LogP contribution in [0.4, 0.5) is 11.4 Å². The zero-order chi connectivity index (χ0) is 11.8. The van der Waals surface area contributed by atoms with Crippen molar-refractivity contribution < 1.29 is 24.3 Å². The fraction of sp³-hybridized carbons (Fsp3) is 0. The van der Waals surface area contributed by atoms with Gasteiger partial charge in [-0.05, 0) is 12.1 Å². The zero-order valence-corrected chi connectivity index (χ0v) is 8.31. The van der Waals surface area contributed by atoms with Gasteiger partial charge in [-0.25, -0.2) is 4.79 Å². The van der Waals surface area contributed by atoms with Crippen molar-refractivity contribution in [1.82, 2.24) is 0 Å². The largest absolute Gasteiger partial charge is 0.478 e. The van der Waals surface area contributed by atoms with E-state index >= 15 is 0 Å². The minimum atomic E-state index is -4.53. The summed E-state index contributed by atoms with van der Waals surface area (Å²) < 4.78 is 10.9. The Hall–Kier alpha value is -1.56. The van der Waals surface area contributed by atoms with Crippen LogP contribution in [-0.4, -0.2) is 20.9 Å². The van der Waals surface area contributed by atoms with E-state index < -0.39 is 24.6 Å². The third-order valence-electron chi connectivity index (χ3n) is 1.81. The predicted octanol–water partition coefficient (Wildman–Crippen LogP) is -0.648. The molecule has 7 nitrogen and oxygen atoms in total. The molecule has 0 amide bonds. The molecule has 1 rings (SSSR count). The van der Waals surface area contributed by atoms with Crippen molar-refractivity contribution in [3.05, 3.63) is 17.7 Å². The molecule has 0 aromatic heterocycles. The monoisotopic (exact) mass is 232 g/mol. The Morgan fingerprint density at radius 2 is 1.73 bits per heavy atom. The van der Waals surface area contributed by atoms with Crippen molar-refractivity contribution in [1.29, 1.82) is 0 Å². The van der Waals surface area contributed by atoms with Crippen molar-refractivity contribution in [2.24, 2.45) is 0 Å². The SMILES string of the molecule is Nc1c(C(=O)O)ccc(P(=O)(O)O)c1N. The van der Waals surface area contributed by atoms with Gasteiger partial charge in [-0.2, -0.15) is 0 Å². The Kier molecular flexibility index (Phi) is 2.72. The highest BCUT2D eigenvalue weighted by Gasteiger charge is 2.24. The highest BCUT2D eigenvalue weighted by molar-refractivity contribution is 7.60. The molecule has 0 saturated heterocycles. The molecule has 0 heterocycles.